The normalized spacial score (nSPS) is 13.9. The number of alkyl halides is 8. The molecule has 0 amide bonds. The molecule has 1 rings (SSSR count). The van der Waals surface area contributed by atoms with Gasteiger partial charge in [0.1, 0.15) is 5.02 Å². The van der Waals surface area contributed by atoms with Gasteiger partial charge in [-0.05, 0) is 0 Å². The largest absolute Gasteiger partial charge is 0.471 e. The van der Waals surface area contributed by atoms with Crippen LogP contribution in [-0.2, 0) is 14.9 Å². The number of rotatable bonds is 7. The van der Waals surface area contributed by atoms with E-state index in [2.05, 4.69) is 4.18 Å². The van der Waals surface area contributed by atoms with Gasteiger partial charge in [0.2, 0.25) is 17.4 Å². The zero-order valence-electron chi connectivity index (χ0n) is 12.0. The van der Waals surface area contributed by atoms with E-state index in [0.717, 1.165) is 0 Å². The number of halogens is 13. The fraction of sp³-hybridized carbons (Fsp3) is 0.400. The Morgan fingerprint density at radius 2 is 1.21 bits per heavy atom. The van der Waals surface area contributed by atoms with Crippen LogP contribution in [0.2, 0.25) is 5.02 Å². The van der Waals surface area contributed by atoms with E-state index in [1.807, 2.05) is 4.74 Å². The molecule has 0 spiro atoms. The highest BCUT2D eigenvalue weighted by molar-refractivity contribution is 7.88. The summed E-state index contributed by atoms with van der Waals surface area (Å²) < 4.78 is 181. The van der Waals surface area contributed by atoms with Gasteiger partial charge in [-0.1, -0.05) is 11.6 Å². The fourth-order valence-corrected chi connectivity index (χ4v) is 2.21. The van der Waals surface area contributed by atoms with Crippen LogP contribution in [0.1, 0.15) is 0 Å². The molecule has 0 radical (unpaired) electrons. The van der Waals surface area contributed by atoms with Gasteiger partial charge in [0, 0.05) is 0 Å². The first-order chi connectivity index (χ1) is 12.3. The maximum absolute atomic E-state index is 13.4. The van der Waals surface area contributed by atoms with Crippen LogP contribution in [0.25, 0.3) is 0 Å². The Morgan fingerprint density at radius 3 is 1.57 bits per heavy atom. The first-order valence-corrected chi connectivity index (χ1v) is 7.66. The summed E-state index contributed by atoms with van der Waals surface area (Å²) in [5.74, 6) is -13.9. The van der Waals surface area contributed by atoms with Gasteiger partial charge < -0.3 is 4.18 Å². The van der Waals surface area contributed by atoms with Gasteiger partial charge in [-0.2, -0.15) is 43.5 Å². The summed E-state index contributed by atoms with van der Waals surface area (Å²) in [6, 6.07) is 0. The number of hydrogen-bond donors (Lipinski definition) is 0. The van der Waals surface area contributed by atoms with E-state index < -0.39 is 68.1 Å². The molecule has 0 aliphatic carbocycles. The van der Waals surface area contributed by atoms with E-state index in [1.54, 1.807) is 0 Å². The molecule has 0 aromatic heterocycles. The van der Waals surface area contributed by atoms with E-state index in [-0.39, 0.29) is 0 Å². The molecular formula is C10HClF12O4S. The molecule has 0 unspecified atom stereocenters. The maximum atomic E-state index is 13.4. The van der Waals surface area contributed by atoms with E-state index in [4.69, 9.17) is 11.6 Å². The predicted molar refractivity (Wildman–Crippen MR) is 62.8 cm³/mol. The molecule has 0 saturated heterocycles. The van der Waals surface area contributed by atoms with Crippen LogP contribution in [0.5, 0.6) is 5.75 Å². The Bertz CT molecular complexity index is 843. The maximum Gasteiger partial charge on any atom is 0.471 e. The molecule has 0 saturated carbocycles. The van der Waals surface area contributed by atoms with Crippen molar-refractivity contribution < 1.29 is 70.0 Å². The third-order valence-electron chi connectivity index (χ3n) is 2.53. The number of benzene rings is 1. The molecular weight excluding hydrogens is 480 g/mol. The van der Waals surface area contributed by atoms with E-state index >= 15 is 0 Å². The smallest absolute Gasteiger partial charge is 0.371 e. The van der Waals surface area contributed by atoms with Crippen LogP contribution in [0, 0.1) is 23.3 Å². The summed E-state index contributed by atoms with van der Waals surface area (Å²) in [4.78, 5) is 0. The summed E-state index contributed by atoms with van der Waals surface area (Å²) in [5, 5.41) is -8.99. The second-order valence-corrected chi connectivity index (χ2v) is 6.40. The van der Waals surface area contributed by atoms with Crippen molar-refractivity contribution in [2.75, 3.05) is 0 Å². The summed E-state index contributed by atoms with van der Waals surface area (Å²) in [6.45, 7) is 0. The minimum atomic E-state index is -7.50. The van der Waals surface area contributed by atoms with Crippen molar-refractivity contribution in [2.24, 2.45) is 0 Å². The first-order valence-electron chi connectivity index (χ1n) is 5.87. The number of hydrogen-bond acceptors (Lipinski definition) is 4. The molecule has 1 aromatic rings. The van der Waals surface area contributed by atoms with Crippen molar-refractivity contribution in [3.63, 3.8) is 0 Å². The minimum absolute atomic E-state index is 1.82. The Kier molecular flexibility index (Phi) is 6.39. The van der Waals surface area contributed by atoms with Crippen molar-refractivity contribution in [3.8, 4) is 5.75 Å². The average molecular weight is 481 g/mol. The third kappa shape index (κ3) is 4.05. The summed E-state index contributed by atoms with van der Waals surface area (Å²) in [7, 11) is -7.50. The molecule has 0 heterocycles. The molecule has 4 nitrogen and oxygen atoms in total. The zero-order chi connectivity index (χ0) is 22.5. The third-order valence-corrected chi connectivity index (χ3v) is 4.12. The monoisotopic (exact) mass is 480 g/mol. The van der Waals surface area contributed by atoms with Crippen LogP contribution in [0.3, 0.4) is 0 Å². The second-order valence-electron chi connectivity index (χ2n) is 4.43. The lowest BCUT2D eigenvalue weighted by atomic mass is 10.3. The van der Waals surface area contributed by atoms with Crippen molar-refractivity contribution in [3.05, 3.63) is 28.3 Å². The van der Waals surface area contributed by atoms with Gasteiger partial charge in [-0.25, -0.2) is 22.3 Å². The lowest BCUT2D eigenvalue weighted by molar-refractivity contribution is -0.435. The number of ether oxygens (including phenoxy) is 1. The molecule has 0 bridgehead atoms. The fourth-order valence-electron chi connectivity index (χ4n) is 1.24. The SMILES string of the molecule is O=S(=O)(Oc1c(F)c(F)c(Cl)c(F)c1F)C(F)(F)C(F)(F)OC(F)(F)C(F)F. The van der Waals surface area contributed by atoms with Gasteiger partial charge in [0.15, 0.2) is 11.6 Å². The topological polar surface area (TPSA) is 52.6 Å². The Morgan fingerprint density at radius 1 is 0.821 bits per heavy atom. The molecule has 0 N–H and O–H groups in total. The van der Waals surface area contributed by atoms with Gasteiger partial charge >= 0.3 is 34.0 Å². The van der Waals surface area contributed by atoms with Crippen LogP contribution in [-0.4, -0.2) is 32.3 Å². The quantitative estimate of drug-likeness (QED) is 0.246. The van der Waals surface area contributed by atoms with Gasteiger partial charge in [-0.15, -0.1) is 0 Å². The molecule has 1 aromatic carbocycles. The first kappa shape index (κ1) is 24.4. The molecule has 0 fully saturated rings. The average Bonchev–Trinajstić information content (AvgIpc) is 2.53. The van der Waals surface area contributed by atoms with Gasteiger partial charge in [0.05, 0.1) is 0 Å². The summed E-state index contributed by atoms with van der Waals surface area (Å²) >= 11 is 4.72. The molecule has 0 aliphatic rings. The Labute approximate surface area is 150 Å². The van der Waals surface area contributed by atoms with Crippen LogP contribution in [0.15, 0.2) is 0 Å². The van der Waals surface area contributed by atoms with Crippen LogP contribution in [0.4, 0.5) is 52.7 Å². The van der Waals surface area contributed by atoms with Crippen molar-refractivity contribution in [1.29, 1.82) is 0 Å². The molecule has 18 heteroatoms. The van der Waals surface area contributed by atoms with Gasteiger partial charge in [-0.3, -0.25) is 0 Å². The standard InChI is InChI=1S/C10HClF12O4S/c11-1-2(12)4(14)6(5(15)3(1)13)26-28(24,25)10(22,23)9(20,21)27-8(18,19)7(16)17/h7H. The zero-order valence-corrected chi connectivity index (χ0v) is 13.6. The van der Waals surface area contributed by atoms with E-state index in [1.165, 1.54) is 0 Å². The molecule has 162 valence electrons. The summed E-state index contributed by atoms with van der Waals surface area (Å²) in [6.07, 6.45) is -18.5. The molecule has 0 atom stereocenters. The van der Waals surface area contributed by atoms with Crippen molar-refractivity contribution >= 4 is 21.7 Å². The van der Waals surface area contributed by atoms with E-state index in [0.29, 0.717) is 0 Å². The minimum Gasteiger partial charge on any atom is -0.371 e. The summed E-state index contributed by atoms with van der Waals surface area (Å²) in [5.41, 5.74) is 0. The Hall–Kier alpha value is -1.62. The highest BCUT2D eigenvalue weighted by Gasteiger charge is 2.73. The molecule has 28 heavy (non-hydrogen) atoms. The predicted octanol–water partition coefficient (Wildman–Crippen LogP) is 4.67. The lowest BCUT2D eigenvalue weighted by Gasteiger charge is -2.28. The highest BCUT2D eigenvalue weighted by atomic mass is 35.5. The van der Waals surface area contributed by atoms with Crippen LogP contribution < -0.4 is 4.18 Å². The molecule has 0 aliphatic heterocycles. The van der Waals surface area contributed by atoms with E-state index in [9.17, 15) is 61.1 Å². The highest BCUT2D eigenvalue weighted by Crippen LogP contribution is 2.45. The second kappa shape index (κ2) is 7.33. The Balaban J connectivity index is 3.44. The van der Waals surface area contributed by atoms with Gasteiger partial charge in [0.25, 0.3) is 0 Å². The van der Waals surface area contributed by atoms with Crippen LogP contribution >= 0.6 is 11.6 Å². The lowest BCUT2D eigenvalue weighted by Crippen LogP contribution is -2.54. The van der Waals surface area contributed by atoms with Crippen molar-refractivity contribution in [1.82, 2.24) is 0 Å². The van der Waals surface area contributed by atoms with Crippen molar-refractivity contribution in [2.45, 2.75) is 23.9 Å².